The lowest BCUT2D eigenvalue weighted by atomic mass is 10.2. The number of morpholine rings is 1. The zero-order valence-electron chi connectivity index (χ0n) is 11.5. The highest BCUT2D eigenvalue weighted by molar-refractivity contribution is 5.11. The average molecular weight is 253 g/mol. The number of hydrogen-bond donors (Lipinski definition) is 0. The summed E-state index contributed by atoms with van der Waals surface area (Å²) < 4.78 is 13.3. The quantitative estimate of drug-likeness (QED) is 0.795. The monoisotopic (exact) mass is 253 g/mol. The summed E-state index contributed by atoms with van der Waals surface area (Å²) in [5, 5.41) is 4.18. The molecule has 0 radical (unpaired) electrons. The predicted molar refractivity (Wildman–Crippen MR) is 69.8 cm³/mol. The highest BCUT2D eigenvalue weighted by Gasteiger charge is 2.22. The van der Waals surface area contributed by atoms with Crippen LogP contribution in [0.3, 0.4) is 0 Å². The summed E-state index contributed by atoms with van der Waals surface area (Å²) in [7, 11) is 0. The molecule has 2 heterocycles. The minimum absolute atomic E-state index is 0.158. The second-order valence-electron chi connectivity index (χ2n) is 4.92. The van der Waals surface area contributed by atoms with Gasteiger partial charge in [0.05, 0.1) is 19.0 Å². The van der Waals surface area contributed by atoms with Gasteiger partial charge >= 0.3 is 0 Å². The Morgan fingerprint density at radius 3 is 3.06 bits per heavy atom. The molecule has 0 spiro atoms. The van der Waals surface area contributed by atoms with E-state index in [9.17, 15) is 0 Å². The van der Waals surface area contributed by atoms with E-state index in [1.54, 1.807) is 6.20 Å². The first kappa shape index (κ1) is 13.4. The first-order chi connectivity index (χ1) is 8.69. The zero-order chi connectivity index (χ0) is 13.0. The molecule has 1 saturated heterocycles. The highest BCUT2D eigenvalue weighted by atomic mass is 16.5. The van der Waals surface area contributed by atoms with Crippen molar-refractivity contribution in [3.63, 3.8) is 0 Å². The Morgan fingerprint density at radius 1 is 1.56 bits per heavy atom. The molecule has 2 rings (SSSR count). The third-order valence-corrected chi connectivity index (χ3v) is 3.27. The molecule has 5 nitrogen and oxygen atoms in total. The van der Waals surface area contributed by atoms with Gasteiger partial charge in [0.15, 0.2) is 5.75 Å². The summed E-state index contributed by atoms with van der Waals surface area (Å²) >= 11 is 0. The summed E-state index contributed by atoms with van der Waals surface area (Å²) in [6.45, 7) is 10.7. The fourth-order valence-electron chi connectivity index (χ4n) is 2.09. The van der Waals surface area contributed by atoms with Crippen molar-refractivity contribution in [2.75, 3.05) is 26.3 Å². The number of ether oxygens (including phenoxy) is 2. The maximum absolute atomic E-state index is 5.72. The van der Waals surface area contributed by atoms with Crippen LogP contribution >= 0.6 is 0 Å². The number of aromatic nitrogens is 2. The van der Waals surface area contributed by atoms with Gasteiger partial charge in [0.1, 0.15) is 12.7 Å². The van der Waals surface area contributed by atoms with Crippen LogP contribution in [0.5, 0.6) is 5.75 Å². The minimum Gasteiger partial charge on any atom is -0.488 e. The lowest BCUT2D eigenvalue weighted by Gasteiger charge is -2.35. The Balaban J connectivity index is 1.79. The maximum atomic E-state index is 5.72. The van der Waals surface area contributed by atoms with E-state index in [1.165, 1.54) is 0 Å². The normalized spacial score (nSPS) is 21.4. The van der Waals surface area contributed by atoms with Crippen LogP contribution in [0.15, 0.2) is 12.4 Å². The molecule has 1 atom stereocenters. The molecule has 102 valence electrons. The highest BCUT2D eigenvalue weighted by Crippen LogP contribution is 2.12. The molecule has 0 bridgehead atoms. The molecule has 0 aliphatic carbocycles. The molecule has 1 aromatic rings. The van der Waals surface area contributed by atoms with Crippen LogP contribution in [0.2, 0.25) is 0 Å². The van der Waals surface area contributed by atoms with Gasteiger partial charge in [-0.2, -0.15) is 5.10 Å². The van der Waals surface area contributed by atoms with Gasteiger partial charge in [0, 0.05) is 25.7 Å². The molecule has 1 unspecified atom stereocenters. The van der Waals surface area contributed by atoms with Crippen molar-refractivity contribution < 1.29 is 9.47 Å². The fraction of sp³-hybridized carbons (Fsp3) is 0.769. The van der Waals surface area contributed by atoms with E-state index in [1.807, 2.05) is 10.9 Å². The molecule has 0 N–H and O–H groups in total. The van der Waals surface area contributed by atoms with Crippen LogP contribution in [0.1, 0.15) is 20.8 Å². The van der Waals surface area contributed by atoms with Crippen molar-refractivity contribution >= 4 is 0 Å². The zero-order valence-corrected chi connectivity index (χ0v) is 11.5. The molecule has 0 saturated carbocycles. The largest absolute Gasteiger partial charge is 0.488 e. The van der Waals surface area contributed by atoms with E-state index in [0.29, 0.717) is 12.6 Å². The van der Waals surface area contributed by atoms with Gasteiger partial charge in [0.2, 0.25) is 0 Å². The number of aryl methyl sites for hydroxylation is 1. The third-order valence-electron chi connectivity index (χ3n) is 3.27. The topological polar surface area (TPSA) is 39.5 Å². The Hall–Kier alpha value is -1.07. The van der Waals surface area contributed by atoms with Crippen LogP contribution in [0.25, 0.3) is 0 Å². The second kappa shape index (κ2) is 6.20. The molecule has 1 aliphatic rings. The van der Waals surface area contributed by atoms with Crippen LogP contribution in [-0.2, 0) is 11.3 Å². The molecule has 1 aliphatic heterocycles. The standard InChI is InChI=1S/C13H23N3O2/c1-4-16-9-12(7-14-16)18-10-13-8-15(11(2)3)5-6-17-13/h7,9,11,13H,4-6,8,10H2,1-3H3. The minimum atomic E-state index is 0.158. The van der Waals surface area contributed by atoms with Crippen molar-refractivity contribution in [1.82, 2.24) is 14.7 Å². The third kappa shape index (κ3) is 3.46. The van der Waals surface area contributed by atoms with Crippen molar-refractivity contribution in [2.45, 2.75) is 39.5 Å². The lowest BCUT2D eigenvalue weighted by molar-refractivity contribution is -0.0564. The Labute approximate surface area is 109 Å². The fourth-order valence-corrected chi connectivity index (χ4v) is 2.09. The van der Waals surface area contributed by atoms with Gasteiger partial charge in [-0.1, -0.05) is 0 Å². The van der Waals surface area contributed by atoms with Gasteiger partial charge in [-0.3, -0.25) is 9.58 Å². The van der Waals surface area contributed by atoms with E-state index in [-0.39, 0.29) is 6.10 Å². The number of nitrogens with zero attached hydrogens (tertiary/aromatic N) is 3. The van der Waals surface area contributed by atoms with Crippen molar-refractivity contribution in [3.05, 3.63) is 12.4 Å². The van der Waals surface area contributed by atoms with E-state index in [0.717, 1.165) is 32.0 Å². The lowest BCUT2D eigenvalue weighted by Crippen LogP contribution is -2.47. The smallest absolute Gasteiger partial charge is 0.157 e. The van der Waals surface area contributed by atoms with Gasteiger partial charge in [-0.15, -0.1) is 0 Å². The van der Waals surface area contributed by atoms with Crippen molar-refractivity contribution in [2.24, 2.45) is 0 Å². The maximum Gasteiger partial charge on any atom is 0.157 e. The summed E-state index contributed by atoms with van der Waals surface area (Å²) in [6.07, 6.45) is 3.83. The molecule has 0 amide bonds. The molecule has 0 aromatic carbocycles. The molecule has 5 heteroatoms. The first-order valence-electron chi connectivity index (χ1n) is 6.70. The Kier molecular flexibility index (Phi) is 4.60. The van der Waals surface area contributed by atoms with Crippen molar-refractivity contribution in [3.8, 4) is 5.75 Å². The van der Waals surface area contributed by atoms with Crippen LogP contribution < -0.4 is 4.74 Å². The van der Waals surface area contributed by atoms with Crippen LogP contribution in [0, 0.1) is 0 Å². The van der Waals surface area contributed by atoms with Crippen molar-refractivity contribution in [1.29, 1.82) is 0 Å². The molecule has 1 aromatic heterocycles. The van der Waals surface area contributed by atoms with E-state index < -0.39 is 0 Å². The summed E-state index contributed by atoms with van der Waals surface area (Å²) in [5.74, 6) is 0.821. The SMILES string of the molecule is CCn1cc(OCC2CN(C(C)C)CCO2)cn1. The summed E-state index contributed by atoms with van der Waals surface area (Å²) in [4.78, 5) is 2.42. The van der Waals surface area contributed by atoms with Gasteiger partial charge in [-0.05, 0) is 20.8 Å². The van der Waals surface area contributed by atoms with Crippen LogP contribution in [0.4, 0.5) is 0 Å². The second-order valence-corrected chi connectivity index (χ2v) is 4.92. The number of hydrogen-bond acceptors (Lipinski definition) is 4. The molecule has 1 fully saturated rings. The predicted octanol–water partition coefficient (Wildman–Crippen LogP) is 1.39. The molecular formula is C13H23N3O2. The Morgan fingerprint density at radius 2 is 2.39 bits per heavy atom. The van der Waals surface area contributed by atoms with E-state index in [2.05, 4.69) is 30.8 Å². The van der Waals surface area contributed by atoms with E-state index in [4.69, 9.17) is 9.47 Å². The summed E-state index contributed by atoms with van der Waals surface area (Å²) in [5.41, 5.74) is 0. The number of rotatable bonds is 5. The van der Waals surface area contributed by atoms with E-state index >= 15 is 0 Å². The van der Waals surface area contributed by atoms with Gasteiger partial charge < -0.3 is 9.47 Å². The van der Waals surface area contributed by atoms with Crippen LogP contribution in [-0.4, -0.2) is 53.1 Å². The molecular weight excluding hydrogens is 230 g/mol. The van der Waals surface area contributed by atoms with Gasteiger partial charge in [-0.25, -0.2) is 0 Å². The molecule has 18 heavy (non-hydrogen) atoms. The summed E-state index contributed by atoms with van der Waals surface area (Å²) in [6, 6.07) is 0.569. The first-order valence-corrected chi connectivity index (χ1v) is 6.70. The van der Waals surface area contributed by atoms with Gasteiger partial charge in [0.25, 0.3) is 0 Å². The Bertz CT molecular complexity index is 365. The average Bonchev–Trinajstić information content (AvgIpc) is 2.84.